The molecule has 0 unspecified atom stereocenters. The molecule has 6 nitrogen and oxygen atoms in total. The van der Waals surface area contributed by atoms with Crippen molar-refractivity contribution in [2.75, 3.05) is 24.3 Å². The van der Waals surface area contributed by atoms with Crippen molar-refractivity contribution in [3.8, 4) is 5.75 Å². The Morgan fingerprint density at radius 3 is 2.57 bits per heavy atom. The van der Waals surface area contributed by atoms with Crippen LogP contribution in [0.1, 0.15) is 11.1 Å². The standard InChI is InChI=1S/C19H18F3N5O/c1-28-16-7-5-13(6-8-16)9-10-23-17-12-24-27-18(26-17)25-15-4-2-3-14(11-15)19(20,21)22/h2-8,11-12H,9-10H2,1H3,(H2,23,25,26,27). The Kier molecular flexibility index (Phi) is 5.93. The maximum atomic E-state index is 12.8. The Labute approximate surface area is 159 Å². The van der Waals surface area contributed by atoms with Crippen LogP contribution in [-0.2, 0) is 12.6 Å². The average molecular weight is 389 g/mol. The van der Waals surface area contributed by atoms with E-state index in [0.717, 1.165) is 29.9 Å². The third-order valence-corrected chi connectivity index (χ3v) is 3.88. The number of alkyl halides is 3. The second-order valence-corrected chi connectivity index (χ2v) is 5.89. The highest BCUT2D eigenvalue weighted by molar-refractivity contribution is 5.55. The van der Waals surface area contributed by atoms with Crippen LogP contribution in [0, 0.1) is 0 Å². The summed E-state index contributed by atoms with van der Waals surface area (Å²) in [5.41, 5.74) is 0.601. The third-order valence-electron chi connectivity index (χ3n) is 3.88. The van der Waals surface area contributed by atoms with Crippen LogP contribution in [0.25, 0.3) is 0 Å². The quantitative estimate of drug-likeness (QED) is 0.628. The van der Waals surface area contributed by atoms with Gasteiger partial charge in [0.15, 0.2) is 5.82 Å². The topological polar surface area (TPSA) is 72.0 Å². The number of nitrogens with zero attached hydrogens (tertiary/aromatic N) is 3. The normalized spacial score (nSPS) is 11.1. The van der Waals surface area contributed by atoms with Crippen LogP contribution >= 0.6 is 0 Å². The molecular weight excluding hydrogens is 371 g/mol. The molecule has 0 atom stereocenters. The predicted molar refractivity (Wildman–Crippen MR) is 99.7 cm³/mol. The average Bonchev–Trinajstić information content (AvgIpc) is 2.68. The molecule has 28 heavy (non-hydrogen) atoms. The van der Waals surface area contributed by atoms with E-state index in [1.54, 1.807) is 7.11 Å². The highest BCUT2D eigenvalue weighted by Crippen LogP contribution is 2.31. The lowest BCUT2D eigenvalue weighted by Crippen LogP contribution is -2.09. The molecular formula is C19H18F3N5O. The fourth-order valence-electron chi connectivity index (χ4n) is 2.47. The summed E-state index contributed by atoms with van der Waals surface area (Å²) in [6, 6.07) is 12.5. The molecule has 0 radical (unpaired) electrons. The van der Waals surface area contributed by atoms with E-state index in [9.17, 15) is 13.2 Å². The van der Waals surface area contributed by atoms with E-state index in [4.69, 9.17) is 4.74 Å². The van der Waals surface area contributed by atoms with Crippen LogP contribution in [0.15, 0.2) is 54.7 Å². The van der Waals surface area contributed by atoms with Gasteiger partial charge in [0.25, 0.3) is 0 Å². The second-order valence-electron chi connectivity index (χ2n) is 5.89. The van der Waals surface area contributed by atoms with Crippen LogP contribution in [0.2, 0.25) is 0 Å². The van der Waals surface area contributed by atoms with Crippen LogP contribution in [-0.4, -0.2) is 28.8 Å². The van der Waals surface area contributed by atoms with Gasteiger partial charge in [-0.15, -0.1) is 5.10 Å². The number of hydrogen-bond donors (Lipinski definition) is 2. The van der Waals surface area contributed by atoms with Gasteiger partial charge in [0, 0.05) is 12.2 Å². The Morgan fingerprint density at radius 2 is 1.86 bits per heavy atom. The molecule has 9 heteroatoms. The maximum absolute atomic E-state index is 12.8. The van der Waals surface area contributed by atoms with Gasteiger partial charge in [-0.05, 0) is 42.3 Å². The van der Waals surface area contributed by atoms with E-state index in [2.05, 4.69) is 25.8 Å². The molecule has 3 rings (SSSR count). The molecule has 1 aromatic heterocycles. The molecule has 146 valence electrons. The Morgan fingerprint density at radius 1 is 1.07 bits per heavy atom. The Hall–Kier alpha value is -3.36. The first-order valence-corrected chi connectivity index (χ1v) is 8.45. The number of hydrogen-bond acceptors (Lipinski definition) is 6. The van der Waals surface area contributed by atoms with Crippen molar-refractivity contribution in [2.24, 2.45) is 0 Å². The van der Waals surface area contributed by atoms with Gasteiger partial charge in [0.05, 0.1) is 18.9 Å². The number of rotatable bonds is 7. The minimum atomic E-state index is -4.42. The van der Waals surface area contributed by atoms with Crippen LogP contribution in [0.3, 0.4) is 0 Å². The Balaban J connectivity index is 1.59. The lowest BCUT2D eigenvalue weighted by Gasteiger charge is -2.10. The van der Waals surface area contributed by atoms with Gasteiger partial charge in [-0.3, -0.25) is 0 Å². The lowest BCUT2D eigenvalue weighted by atomic mass is 10.1. The summed E-state index contributed by atoms with van der Waals surface area (Å²) < 4.78 is 43.5. The molecule has 0 aliphatic heterocycles. The fourth-order valence-corrected chi connectivity index (χ4v) is 2.47. The van der Waals surface area contributed by atoms with E-state index in [-0.39, 0.29) is 11.6 Å². The van der Waals surface area contributed by atoms with E-state index in [0.29, 0.717) is 12.4 Å². The molecule has 3 aromatic rings. The van der Waals surface area contributed by atoms with Crippen molar-refractivity contribution in [2.45, 2.75) is 12.6 Å². The SMILES string of the molecule is COc1ccc(CCNc2cnnc(Nc3cccc(C(F)(F)F)c3)n2)cc1. The highest BCUT2D eigenvalue weighted by Gasteiger charge is 2.30. The van der Waals surface area contributed by atoms with Gasteiger partial charge in [-0.25, -0.2) is 0 Å². The number of benzene rings is 2. The molecule has 0 fully saturated rings. The van der Waals surface area contributed by atoms with Gasteiger partial charge in [-0.1, -0.05) is 18.2 Å². The minimum Gasteiger partial charge on any atom is -0.497 e. The van der Waals surface area contributed by atoms with Crippen LogP contribution < -0.4 is 15.4 Å². The smallest absolute Gasteiger partial charge is 0.416 e. The maximum Gasteiger partial charge on any atom is 0.416 e. The summed E-state index contributed by atoms with van der Waals surface area (Å²) in [6.07, 6.45) is -2.21. The van der Waals surface area contributed by atoms with Crippen molar-refractivity contribution in [3.63, 3.8) is 0 Å². The second kappa shape index (κ2) is 8.55. The third kappa shape index (κ3) is 5.32. The van der Waals surface area contributed by atoms with E-state index in [1.807, 2.05) is 24.3 Å². The summed E-state index contributed by atoms with van der Waals surface area (Å²) in [7, 11) is 1.61. The molecule has 0 aliphatic rings. The zero-order valence-corrected chi connectivity index (χ0v) is 15.0. The molecule has 2 aromatic carbocycles. The van der Waals surface area contributed by atoms with Crippen LogP contribution in [0.5, 0.6) is 5.75 Å². The summed E-state index contributed by atoms with van der Waals surface area (Å²) in [5.74, 6) is 1.37. The molecule has 0 amide bonds. The van der Waals surface area contributed by atoms with Crippen molar-refractivity contribution in [1.29, 1.82) is 0 Å². The molecule has 0 spiro atoms. The highest BCUT2D eigenvalue weighted by atomic mass is 19.4. The first kappa shape index (κ1) is 19.4. The number of aromatic nitrogens is 3. The monoisotopic (exact) mass is 389 g/mol. The number of ether oxygens (including phenoxy) is 1. The Bertz CT molecular complexity index is 916. The van der Waals surface area contributed by atoms with Gasteiger partial charge < -0.3 is 15.4 Å². The van der Waals surface area contributed by atoms with E-state index >= 15 is 0 Å². The molecule has 1 heterocycles. The predicted octanol–water partition coefficient (Wildman–Crippen LogP) is 4.30. The zero-order chi connectivity index (χ0) is 20.0. The first-order valence-electron chi connectivity index (χ1n) is 8.45. The summed E-state index contributed by atoms with van der Waals surface area (Å²) in [6.45, 7) is 0.605. The largest absolute Gasteiger partial charge is 0.497 e. The number of halogens is 3. The molecule has 0 saturated carbocycles. The summed E-state index contributed by atoms with van der Waals surface area (Å²) in [4.78, 5) is 4.22. The molecule has 0 bridgehead atoms. The number of nitrogens with one attached hydrogen (secondary N) is 2. The van der Waals surface area contributed by atoms with E-state index in [1.165, 1.54) is 18.3 Å². The van der Waals surface area contributed by atoms with Crippen molar-refractivity contribution in [3.05, 3.63) is 65.9 Å². The number of methoxy groups -OCH3 is 1. The number of anilines is 3. The van der Waals surface area contributed by atoms with Gasteiger partial charge in [-0.2, -0.15) is 23.3 Å². The summed E-state index contributed by atoms with van der Waals surface area (Å²) in [5, 5.41) is 13.5. The summed E-state index contributed by atoms with van der Waals surface area (Å²) >= 11 is 0. The van der Waals surface area contributed by atoms with Gasteiger partial charge >= 0.3 is 6.18 Å². The van der Waals surface area contributed by atoms with Crippen molar-refractivity contribution in [1.82, 2.24) is 15.2 Å². The first-order chi connectivity index (χ1) is 13.4. The van der Waals surface area contributed by atoms with E-state index < -0.39 is 11.7 Å². The van der Waals surface area contributed by atoms with Gasteiger partial charge in [0.2, 0.25) is 5.95 Å². The fraction of sp³-hybridized carbons (Fsp3) is 0.211. The zero-order valence-electron chi connectivity index (χ0n) is 15.0. The lowest BCUT2D eigenvalue weighted by molar-refractivity contribution is -0.137. The van der Waals surface area contributed by atoms with Crippen LogP contribution in [0.4, 0.5) is 30.6 Å². The molecule has 2 N–H and O–H groups in total. The molecule has 0 saturated heterocycles. The van der Waals surface area contributed by atoms with Crippen molar-refractivity contribution >= 4 is 17.5 Å². The van der Waals surface area contributed by atoms with Gasteiger partial charge in [0.1, 0.15) is 5.75 Å². The minimum absolute atomic E-state index is 0.105. The molecule has 0 aliphatic carbocycles. The van der Waals surface area contributed by atoms with Crippen molar-refractivity contribution < 1.29 is 17.9 Å².